The van der Waals surface area contributed by atoms with E-state index < -0.39 is 0 Å². The van der Waals surface area contributed by atoms with Gasteiger partial charge in [0.1, 0.15) is 11.3 Å². The molecule has 0 amide bonds. The molecular formula is C21H30BNO3. The van der Waals surface area contributed by atoms with Gasteiger partial charge < -0.3 is 18.6 Å². The van der Waals surface area contributed by atoms with Crippen LogP contribution in [0.2, 0.25) is 0 Å². The van der Waals surface area contributed by atoms with E-state index in [2.05, 4.69) is 51.7 Å². The van der Waals surface area contributed by atoms with Crippen LogP contribution in [-0.2, 0) is 15.7 Å². The standard InChI is InChI=1S/C21H30BNO3/c1-15-8-7-12-23(15)13-11-16-14-17-18(9-6-10-19(17)24-16)22-25-20(2,3)21(4,5)26-22/h6,9-10,14-15H,7-8,11-13H2,1-5H3. The van der Waals surface area contributed by atoms with Gasteiger partial charge in [0.05, 0.1) is 11.2 Å². The highest BCUT2D eigenvalue weighted by Crippen LogP contribution is 2.37. The number of hydrogen-bond donors (Lipinski definition) is 0. The van der Waals surface area contributed by atoms with Crippen LogP contribution in [-0.4, -0.2) is 42.4 Å². The van der Waals surface area contributed by atoms with Crippen molar-refractivity contribution in [1.82, 2.24) is 4.90 Å². The molecular weight excluding hydrogens is 325 g/mol. The van der Waals surface area contributed by atoms with Crippen LogP contribution in [0.3, 0.4) is 0 Å². The molecule has 1 atom stereocenters. The Morgan fingerprint density at radius 3 is 2.54 bits per heavy atom. The number of benzene rings is 1. The van der Waals surface area contributed by atoms with Gasteiger partial charge in [-0.25, -0.2) is 0 Å². The van der Waals surface area contributed by atoms with Crippen molar-refractivity contribution in [3.63, 3.8) is 0 Å². The molecule has 2 aliphatic rings. The van der Waals surface area contributed by atoms with E-state index in [-0.39, 0.29) is 18.3 Å². The molecule has 5 heteroatoms. The fraction of sp³-hybridized carbons (Fsp3) is 0.619. The van der Waals surface area contributed by atoms with Crippen molar-refractivity contribution in [2.24, 2.45) is 0 Å². The van der Waals surface area contributed by atoms with Crippen LogP contribution in [0.1, 0.15) is 53.2 Å². The molecule has 2 aliphatic heterocycles. The summed E-state index contributed by atoms with van der Waals surface area (Å²) >= 11 is 0. The van der Waals surface area contributed by atoms with Gasteiger partial charge in [-0.1, -0.05) is 12.1 Å². The van der Waals surface area contributed by atoms with E-state index in [1.54, 1.807) is 0 Å². The minimum atomic E-state index is -0.354. The van der Waals surface area contributed by atoms with Crippen LogP contribution in [0.15, 0.2) is 28.7 Å². The third-order valence-corrected chi connectivity index (χ3v) is 6.49. The summed E-state index contributed by atoms with van der Waals surface area (Å²) < 4.78 is 18.6. The quantitative estimate of drug-likeness (QED) is 0.783. The lowest BCUT2D eigenvalue weighted by molar-refractivity contribution is 0.00578. The molecule has 0 aliphatic carbocycles. The van der Waals surface area contributed by atoms with Crippen LogP contribution in [0.4, 0.5) is 0 Å². The highest BCUT2D eigenvalue weighted by atomic mass is 16.7. The van der Waals surface area contributed by atoms with E-state index in [1.165, 1.54) is 19.4 Å². The number of furan rings is 1. The summed E-state index contributed by atoms with van der Waals surface area (Å²) in [5.41, 5.74) is 1.31. The second kappa shape index (κ2) is 6.40. The fourth-order valence-corrected chi connectivity index (χ4v) is 4.01. The van der Waals surface area contributed by atoms with Crippen LogP contribution in [0.25, 0.3) is 11.0 Å². The average Bonchev–Trinajstić information content (AvgIpc) is 3.21. The van der Waals surface area contributed by atoms with Crippen molar-refractivity contribution < 1.29 is 13.7 Å². The molecule has 0 bridgehead atoms. The Hall–Kier alpha value is -1.30. The van der Waals surface area contributed by atoms with Crippen molar-refractivity contribution in [1.29, 1.82) is 0 Å². The highest BCUT2D eigenvalue weighted by Gasteiger charge is 2.52. The topological polar surface area (TPSA) is 34.8 Å². The lowest BCUT2D eigenvalue weighted by Crippen LogP contribution is -2.41. The van der Waals surface area contributed by atoms with Gasteiger partial charge in [-0.05, 0) is 71.6 Å². The van der Waals surface area contributed by atoms with Crippen LogP contribution in [0.5, 0.6) is 0 Å². The zero-order valence-electron chi connectivity index (χ0n) is 16.7. The minimum Gasteiger partial charge on any atom is -0.461 e. The number of fused-ring (bicyclic) bond motifs is 1. The fourth-order valence-electron chi connectivity index (χ4n) is 4.01. The minimum absolute atomic E-state index is 0.335. The smallest absolute Gasteiger partial charge is 0.461 e. The van der Waals surface area contributed by atoms with Gasteiger partial charge in [0, 0.05) is 24.4 Å². The Balaban J connectivity index is 1.56. The van der Waals surface area contributed by atoms with E-state index in [1.807, 2.05) is 12.1 Å². The van der Waals surface area contributed by atoms with Crippen molar-refractivity contribution in [3.05, 3.63) is 30.0 Å². The first kappa shape index (κ1) is 18.1. The van der Waals surface area contributed by atoms with E-state index in [9.17, 15) is 0 Å². The van der Waals surface area contributed by atoms with E-state index in [0.717, 1.165) is 35.2 Å². The lowest BCUT2D eigenvalue weighted by Gasteiger charge is -2.32. The van der Waals surface area contributed by atoms with E-state index in [0.29, 0.717) is 6.04 Å². The molecule has 1 unspecified atom stereocenters. The molecule has 2 fully saturated rings. The summed E-state index contributed by atoms with van der Waals surface area (Å²) in [4.78, 5) is 2.56. The molecule has 1 aromatic heterocycles. The van der Waals surface area contributed by atoms with Crippen LogP contribution < -0.4 is 5.46 Å². The van der Waals surface area contributed by atoms with Gasteiger partial charge >= 0.3 is 7.12 Å². The van der Waals surface area contributed by atoms with Crippen molar-refractivity contribution >= 4 is 23.6 Å². The number of hydrogen-bond acceptors (Lipinski definition) is 4. The first-order valence-corrected chi connectivity index (χ1v) is 9.88. The maximum absolute atomic E-state index is 6.25. The molecule has 140 valence electrons. The lowest BCUT2D eigenvalue weighted by atomic mass is 9.77. The second-order valence-corrected chi connectivity index (χ2v) is 8.84. The summed E-state index contributed by atoms with van der Waals surface area (Å²) in [5, 5.41) is 1.11. The van der Waals surface area contributed by atoms with E-state index in [4.69, 9.17) is 13.7 Å². The van der Waals surface area contributed by atoms with Gasteiger partial charge in [-0.15, -0.1) is 0 Å². The number of nitrogens with zero attached hydrogens (tertiary/aromatic N) is 1. The summed E-state index contributed by atoms with van der Waals surface area (Å²) in [7, 11) is -0.354. The Morgan fingerprint density at radius 1 is 1.15 bits per heavy atom. The molecule has 0 saturated carbocycles. The molecule has 2 saturated heterocycles. The Morgan fingerprint density at radius 2 is 1.88 bits per heavy atom. The highest BCUT2D eigenvalue weighted by molar-refractivity contribution is 6.65. The summed E-state index contributed by atoms with van der Waals surface area (Å²) in [6, 6.07) is 9.02. The Labute approximate surface area is 157 Å². The SMILES string of the molecule is CC1CCCN1CCc1cc2c(B3OC(C)(C)C(C)(C)O3)cccc2o1. The molecule has 3 heterocycles. The molecule has 1 aromatic carbocycles. The summed E-state index contributed by atoms with van der Waals surface area (Å²) in [6.45, 7) is 12.9. The zero-order chi connectivity index (χ0) is 18.5. The van der Waals surface area contributed by atoms with Gasteiger partial charge in [0.2, 0.25) is 0 Å². The Bertz CT molecular complexity index is 782. The maximum Gasteiger partial charge on any atom is 0.495 e. The van der Waals surface area contributed by atoms with E-state index >= 15 is 0 Å². The molecule has 0 spiro atoms. The molecule has 0 N–H and O–H groups in total. The van der Waals surface area contributed by atoms with Gasteiger partial charge in [0.25, 0.3) is 0 Å². The predicted octanol–water partition coefficient (Wildman–Crippen LogP) is 3.76. The monoisotopic (exact) mass is 355 g/mol. The molecule has 26 heavy (non-hydrogen) atoms. The first-order valence-electron chi connectivity index (χ1n) is 9.88. The Kier molecular flexibility index (Phi) is 4.45. The second-order valence-electron chi connectivity index (χ2n) is 8.84. The van der Waals surface area contributed by atoms with Gasteiger partial charge in [0.15, 0.2) is 0 Å². The predicted molar refractivity (Wildman–Crippen MR) is 106 cm³/mol. The molecule has 2 aromatic rings. The van der Waals surface area contributed by atoms with Crippen LogP contribution in [0, 0.1) is 0 Å². The summed E-state index contributed by atoms with van der Waals surface area (Å²) in [5.74, 6) is 1.04. The normalized spacial score (nSPS) is 25.4. The molecule has 4 nitrogen and oxygen atoms in total. The average molecular weight is 355 g/mol. The maximum atomic E-state index is 6.25. The number of likely N-dealkylation sites (tertiary alicyclic amines) is 1. The zero-order valence-corrected chi connectivity index (χ0v) is 16.7. The van der Waals surface area contributed by atoms with Gasteiger partial charge in [-0.2, -0.15) is 0 Å². The third-order valence-electron chi connectivity index (χ3n) is 6.49. The largest absolute Gasteiger partial charge is 0.495 e. The van der Waals surface area contributed by atoms with Gasteiger partial charge in [-0.3, -0.25) is 0 Å². The molecule has 0 radical (unpaired) electrons. The third kappa shape index (κ3) is 3.10. The van der Waals surface area contributed by atoms with Crippen molar-refractivity contribution in [3.8, 4) is 0 Å². The van der Waals surface area contributed by atoms with Crippen molar-refractivity contribution in [2.75, 3.05) is 13.1 Å². The molecule has 4 rings (SSSR count). The first-order chi connectivity index (χ1) is 12.3. The van der Waals surface area contributed by atoms with Crippen molar-refractivity contribution in [2.45, 2.75) is 71.1 Å². The van der Waals surface area contributed by atoms with Crippen LogP contribution >= 0.6 is 0 Å². The number of rotatable bonds is 4. The summed E-state index contributed by atoms with van der Waals surface area (Å²) in [6.07, 6.45) is 3.57.